The third-order valence-corrected chi connectivity index (χ3v) is 4.55. The van der Waals surface area contributed by atoms with Crippen molar-refractivity contribution in [3.8, 4) is 0 Å². The van der Waals surface area contributed by atoms with E-state index in [9.17, 15) is 0 Å². The maximum atomic E-state index is 6.10. The second-order valence-electron chi connectivity index (χ2n) is 4.42. The summed E-state index contributed by atoms with van der Waals surface area (Å²) in [6.07, 6.45) is 2.23. The second-order valence-corrected chi connectivity index (χ2v) is 5.84. The number of hydrogen-bond donors (Lipinski definition) is 1. The fraction of sp³-hybridized carbons (Fsp3) is 0.385. The third kappa shape index (κ3) is 3.11. The first-order valence-electron chi connectivity index (χ1n) is 6.26. The lowest BCUT2D eigenvalue weighted by atomic mass is 10.2. The summed E-state index contributed by atoms with van der Waals surface area (Å²) in [6.45, 7) is 1.02. The van der Waals surface area contributed by atoms with E-state index in [1.54, 1.807) is 11.8 Å². The molecule has 0 bridgehead atoms. The second kappa shape index (κ2) is 5.94. The summed E-state index contributed by atoms with van der Waals surface area (Å²) in [5.74, 6) is 2.08. The lowest BCUT2D eigenvalue weighted by Crippen LogP contribution is -2.13. The summed E-state index contributed by atoms with van der Waals surface area (Å²) in [4.78, 5) is 5.47. The number of nitrogens with zero attached hydrogens (tertiary/aromatic N) is 2. The highest BCUT2D eigenvalue weighted by Crippen LogP contribution is 2.29. The van der Waals surface area contributed by atoms with Crippen molar-refractivity contribution in [3.63, 3.8) is 0 Å². The van der Waals surface area contributed by atoms with Crippen LogP contribution in [0.15, 0.2) is 33.7 Å². The van der Waals surface area contributed by atoms with Gasteiger partial charge in [-0.3, -0.25) is 0 Å². The quantitative estimate of drug-likeness (QED) is 0.876. The molecule has 1 aromatic carbocycles. The molecule has 1 aromatic heterocycles. The molecule has 1 atom stereocenters. The Hall–Kier alpha value is -1.04. The molecule has 100 valence electrons. The highest BCUT2D eigenvalue weighted by atomic mass is 35.5. The van der Waals surface area contributed by atoms with Crippen LogP contribution < -0.4 is 5.32 Å². The highest BCUT2D eigenvalue weighted by Gasteiger charge is 2.22. The number of halogens is 1. The lowest BCUT2D eigenvalue weighted by Gasteiger charge is -2.02. The first-order valence-corrected chi connectivity index (χ1v) is 7.62. The monoisotopic (exact) mass is 295 g/mol. The first kappa shape index (κ1) is 13.0. The molecule has 1 fully saturated rings. The summed E-state index contributed by atoms with van der Waals surface area (Å²) in [6, 6.07) is 8.00. The average Bonchev–Trinajstić information content (AvgIpc) is 3.09. The standard InChI is InChI=1S/C13H14ClN3OS/c14-9-4-1-2-6-11(9)19-8-12-16-13(18-17-12)10-5-3-7-15-10/h1-2,4,6,10,15H,3,5,7-8H2/t10-/m0/s1. The molecule has 1 N–H and O–H groups in total. The molecule has 0 spiro atoms. The first-order chi connectivity index (χ1) is 9.33. The summed E-state index contributed by atoms with van der Waals surface area (Å²) in [5, 5.41) is 8.12. The largest absolute Gasteiger partial charge is 0.338 e. The Balaban J connectivity index is 1.63. The number of hydrogen-bond acceptors (Lipinski definition) is 5. The SMILES string of the molecule is Clc1ccccc1SCc1noc([C@@H]2CCCN2)n1. The summed E-state index contributed by atoms with van der Waals surface area (Å²) in [5.41, 5.74) is 0. The van der Waals surface area contributed by atoms with Gasteiger partial charge >= 0.3 is 0 Å². The zero-order chi connectivity index (χ0) is 13.1. The van der Waals surface area contributed by atoms with Gasteiger partial charge in [-0.15, -0.1) is 11.8 Å². The number of nitrogens with one attached hydrogen (secondary N) is 1. The summed E-state index contributed by atoms with van der Waals surface area (Å²) >= 11 is 7.72. The predicted octanol–water partition coefficient (Wildman–Crippen LogP) is 3.44. The molecule has 0 aliphatic carbocycles. The maximum absolute atomic E-state index is 6.10. The van der Waals surface area contributed by atoms with Gasteiger partial charge in [0, 0.05) is 4.90 Å². The van der Waals surface area contributed by atoms with E-state index < -0.39 is 0 Å². The van der Waals surface area contributed by atoms with Gasteiger partial charge in [0.05, 0.1) is 16.8 Å². The Morgan fingerprint density at radius 2 is 2.32 bits per heavy atom. The fourth-order valence-electron chi connectivity index (χ4n) is 2.07. The molecule has 19 heavy (non-hydrogen) atoms. The third-order valence-electron chi connectivity index (χ3n) is 3.04. The van der Waals surface area contributed by atoms with Crippen LogP contribution in [0.1, 0.15) is 30.6 Å². The molecule has 0 unspecified atom stereocenters. The topological polar surface area (TPSA) is 51.0 Å². The molecule has 2 heterocycles. The van der Waals surface area contributed by atoms with Gasteiger partial charge in [0.1, 0.15) is 0 Å². The lowest BCUT2D eigenvalue weighted by molar-refractivity contribution is 0.342. The van der Waals surface area contributed by atoms with E-state index in [4.69, 9.17) is 16.1 Å². The Labute approximate surface area is 120 Å². The van der Waals surface area contributed by atoms with E-state index in [-0.39, 0.29) is 6.04 Å². The smallest absolute Gasteiger partial charge is 0.243 e. The van der Waals surface area contributed by atoms with Gasteiger partial charge in [0.2, 0.25) is 5.89 Å². The van der Waals surface area contributed by atoms with E-state index in [1.165, 1.54) is 0 Å². The van der Waals surface area contributed by atoms with Crippen LogP contribution in [0.4, 0.5) is 0 Å². The zero-order valence-corrected chi connectivity index (χ0v) is 11.9. The van der Waals surface area contributed by atoms with Crippen LogP contribution in [0.25, 0.3) is 0 Å². The molecular formula is C13H14ClN3OS. The minimum absolute atomic E-state index is 0.228. The Kier molecular flexibility index (Phi) is 4.06. The van der Waals surface area contributed by atoms with E-state index in [1.807, 2.05) is 24.3 Å². The number of thioether (sulfide) groups is 1. The normalized spacial score (nSPS) is 18.9. The Morgan fingerprint density at radius 3 is 3.11 bits per heavy atom. The van der Waals surface area contributed by atoms with Crippen LogP contribution in [0, 0.1) is 0 Å². The van der Waals surface area contributed by atoms with Gasteiger partial charge in [0.15, 0.2) is 5.82 Å². The molecule has 1 aliphatic rings. The van der Waals surface area contributed by atoms with E-state index >= 15 is 0 Å². The summed E-state index contributed by atoms with van der Waals surface area (Å²) in [7, 11) is 0. The molecule has 1 saturated heterocycles. The molecule has 6 heteroatoms. The molecule has 2 aromatic rings. The molecule has 0 saturated carbocycles. The molecule has 3 rings (SSSR count). The van der Waals surface area contributed by atoms with Crippen molar-refractivity contribution in [2.75, 3.05) is 6.54 Å². The van der Waals surface area contributed by atoms with E-state index in [0.717, 1.165) is 29.3 Å². The Morgan fingerprint density at radius 1 is 1.42 bits per heavy atom. The minimum Gasteiger partial charge on any atom is -0.338 e. The van der Waals surface area contributed by atoms with Crippen molar-refractivity contribution < 1.29 is 4.52 Å². The van der Waals surface area contributed by atoms with Crippen LogP contribution in [0.2, 0.25) is 5.02 Å². The van der Waals surface area contributed by atoms with Gasteiger partial charge in [-0.1, -0.05) is 28.9 Å². The number of aromatic nitrogens is 2. The van der Waals surface area contributed by atoms with Crippen LogP contribution in [-0.4, -0.2) is 16.7 Å². The van der Waals surface area contributed by atoms with Crippen LogP contribution in [0.3, 0.4) is 0 Å². The van der Waals surface area contributed by atoms with Gasteiger partial charge < -0.3 is 9.84 Å². The maximum Gasteiger partial charge on any atom is 0.243 e. The van der Waals surface area contributed by atoms with Crippen LogP contribution in [-0.2, 0) is 5.75 Å². The van der Waals surface area contributed by atoms with Gasteiger partial charge in [0.25, 0.3) is 0 Å². The molecule has 0 amide bonds. The van der Waals surface area contributed by atoms with E-state index in [0.29, 0.717) is 17.5 Å². The van der Waals surface area contributed by atoms with E-state index in [2.05, 4.69) is 15.5 Å². The molecular weight excluding hydrogens is 282 g/mol. The van der Waals surface area contributed by atoms with Gasteiger partial charge in [-0.2, -0.15) is 4.98 Å². The average molecular weight is 296 g/mol. The van der Waals surface area contributed by atoms with Crippen molar-refractivity contribution in [1.82, 2.24) is 15.5 Å². The van der Waals surface area contributed by atoms with Crippen LogP contribution >= 0.6 is 23.4 Å². The summed E-state index contributed by atoms with van der Waals surface area (Å²) < 4.78 is 5.30. The van der Waals surface area contributed by atoms with Crippen molar-refractivity contribution in [2.45, 2.75) is 29.5 Å². The zero-order valence-electron chi connectivity index (χ0n) is 10.3. The predicted molar refractivity (Wildman–Crippen MR) is 75.3 cm³/mol. The van der Waals surface area contributed by atoms with Crippen molar-refractivity contribution >= 4 is 23.4 Å². The number of rotatable bonds is 4. The van der Waals surface area contributed by atoms with Crippen LogP contribution in [0.5, 0.6) is 0 Å². The van der Waals surface area contributed by atoms with Crippen molar-refractivity contribution in [1.29, 1.82) is 0 Å². The van der Waals surface area contributed by atoms with Gasteiger partial charge in [-0.05, 0) is 31.5 Å². The van der Waals surface area contributed by atoms with Crippen molar-refractivity contribution in [2.24, 2.45) is 0 Å². The minimum atomic E-state index is 0.228. The molecule has 1 aliphatic heterocycles. The molecule has 0 radical (unpaired) electrons. The Bertz CT molecular complexity index is 554. The highest BCUT2D eigenvalue weighted by molar-refractivity contribution is 7.98. The van der Waals surface area contributed by atoms with Gasteiger partial charge in [-0.25, -0.2) is 0 Å². The number of benzene rings is 1. The molecule has 4 nitrogen and oxygen atoms in total. The van der Waals surface area contributed by atoms with Crippen molar-refractivity contribution in [3.05, 3.63) is 41.0 Å². The fourth-order valence-corrected chi connectivity index (χ4v) is 3.15.